The summed E-state index contributed by atoms with van der Waals surface area (Å²) in [6.45, 7) is 4.74. The number of nitrogens with zero attached hydrogens (tertiary/aromatic N) is 4. The average Bonchev–Trinajstić information content (AvgIpc) is 3.28. The molecule has 1 aliphatic rings. The largest absolute Gasteiger partial charge is 0.494 e. The third kappa shape index (κ3) is 5.21. The smallest absolute Gasteiger partial charge is 0.272 e. The highest BCUT2D eigenvalue weighted by molar-refractivity contribution is 7.99. The zero-order valence-electron chi connectivity index (χ0n) is 19.7. The predicted molar refractivity (Wildman–Crippen MR) is 142 cm³/mol. The first-order chi connectivity index (χ1) is 17.1. The first-order valence-electron chi connectivity index (χ1n) is 12.0. The van der Waals surface area contributed by atoms with E-state index in [4.69, 9.17) is 9.72 Å². The Kier molecular flexibility index (Phi) is 7.34. The summed E-state index contributed by atoms with van der Waals surface area (Å²) in [5.74, 6) is 1.18. The zero-order valence-corrected chi connectivity index (χ0v) is 21.4. The maximum Gasteiger partial charge on any atom is 0.272 e. The Morgan fingerprint density at radius 2 is 1.94 bits per heavy atom. The van der Waals surface area contributed by atoms with Crippen molar-refractivity contribution in [2.24, 2.45) is 0 Å². The number of thioether (sulfide) groups is 1. The lowest BCUT2D eigenvalue weighted by Crippen LogP contribution is -2.37. The van der Waals surface area contributed by atoms with Gasteiger partial charge >= 0.3 is 0 Å². The lowest BCUT2D eigenvalue weighted by Gasteiger charge is -2.26. The number of fused-ring (bicyclic) bond motifs is 3. The number of carbonyl (C=O) groups excluding carboxylic acids is 1. The summed E-state index contributed by atoms with van der Waals surface area (Å²) in [4.78, 5) is 38.5. The van der Waals surface area contributed by atoms with Crippen LogP contribution in [-0.4, -0.2) is 50.8 Å². The van der Waals surface area contributed by atoms with Gasteiger partial charge in [0.15, 0.2) is 5.16 Å². The molecular formula is C26H28N4O3S2. The third-order valence-electron chi connectivity index (χ3n) is 6.09. The number of benzene rings is 1. The van der Waals surface area contributed by atoms with Crippen molar-refractivity contribution in [2.45, 2.75) is 44.3 Å². The molecule has 9 heteroatoms. The first kappa shape index (κ1) is 23.8. The highest BCUT2D eigenvalue weighted by Crippen LogP contribution is 2.31. The molecule has 0 saturated carbocycles. The van der Waals surface area contributed by atoms with E-state index in [-0.39, 0.29) is 17.2 Å². The first-order valence-corrected chi connectivity index (χ1v) is 13.8. The fraction of sp³-hybridized carbons (Fsp3) is 0.385. The van der Waals surface area contributed by atoms with Gasteiger partial charge in [0.25, 0.3) is 5.56 Å². The minimum atomic E-state index is -0.0998. The van der Waals surface area contributed by atoms with Crippen molar-refractivity contribution in [3.63, 3.8) is 0 Å². The zero-order chi connectivity index (χ0) is 24.2. The molecule has 0 bridgehead atoms. The van der Waals surface area contributed by atoms with Gasteiger partial charge in [-0.2, -0.15) is 0 Å². The van der Waals surface area contributed by atoms with E-state index in [1.54, 1.807) is 10.8 Å². The van der Waals surface area contributed by atoms with Crippen LogP contribution in [0, 0.1) is 0 Å². The molecule has 1 aliphatic heterocycles. The van der Waals surface area contributed by atoms with Gasteiger partial charge in [-0.05, 0) is 55.5 Å². The minimum absolute atomic E-state index is 0.0998. The lowest BCUT2D eigenvalue weighted by atomic mass is 10.1. The van der Waals surface area contributed by atoms with Gasteiger partial charge in [0.05, 0.1) is 24.4 Å². The molecular weight excluding hydrogens is 480 g/mol. The molecule has 1 aromatic carbocycles. The van der Waals surface area contributed by atoms with Gasteiger partial charge in [0.1, 0.15) is 15.3 Å². The molecule has 5 rings (SSSR count). The predicted octanol–water partition coefficient (Wildman–Crippen LogP) is 4.95. The molecule has 35 heavy (non-hydrogen) atoms. The topological polar surface area (TPSA) is 77.3 Å². The fourth-order valence-electron chi connectivity index (χ4n) is 4.25. The van der Waals surface area contributed by atoms with Crippen LogP contribution in [0.25, 0.3) is 20.4 Å². The maximum absolute atomic E-state index is 13.7. The van der Waals surface area contributed by atoms with Crippen molar-refractivity contribution in [1.29, 1.82) is 0 Å². The van der Waals surface area contributed by atoms with Gasteiger partial charge in [0, 0.05) is 24.7 Å². The lowest BCUT2D eigenvalue weighted by molar-refractivity contribution is -0.129. The van der Waals surface area contributed by atoms with Crippen LogP contribution in [0.3, 0.4) is 0 Å². The molecule has 0 spiro atoms. The highest BCUT2D eigenvalue weighted by Gasteiger charge is 2.21. The summed E-state index contributed by atoms with van der Waals surface area (Å²) in [5, 5.41) is 1.43. The number of pyridine rings is 1. The van der Waals surface area contributed by atoms with Crippen LogP contribution in [0.5, 0.6) is 5.75 Å². The van der Waals surface area contributed by atoms with Gasteiger partial charge in [-0.3, -0.25) is 14.2 Å². The van der Waals surface area contributed by atoms with Crippen molar-refractivity contribution >= 4 is 49.4 Å². The Morgan fingerprint density at radius 1 is 1.14 bits per heavy atom. The van der Waals surface area contributed by atoms with E-state index in [1.165, 1.54) is 29.5 Å². The molecule has 0 aliphatic carbocycles. The Hall–Kier alpha value is -2.91. The number of piperidine rings is 1. The standard InChI is InChI=1S/C26H28N4O3S2/c1-2-15-33-19-10-8-18(9-11-19)16-30-25(32)23-22(20-7-6-12-27-24(20)35-23)28-26(30)34-17-21(31)29-13-4-3-5-14-29/h6-12H,2-5,13-17H2,1H3. The van der Waals surface area contributed by atoms with Gasteiger partial charge < -0.3 is 9.64 Å². The monoisotopic (exact) mass is 508 g/mol. The summed E-state index contributed by atoms with van der Waals surface area (Å²) >= 11 is 2.71. The second-order valence-electron chi connectivity index (χ2n) is 8.64. The SMILES string of the molecule is CCCOc1ccc(Cn2c(SCC(=O)N3CCCCC3)nc3c(sc4ncccc43)c2=O)cc1. The molecule has 182 valence electrons. The molecule has 0 radical (unpaired) electrons. The van der Waals surface area contributed by atoms with Crippen molar-refractivity contribution in [3.05, 3.63) is 58.5 Å². The number of hydrogen-bond acceptors (Lipinski definition) is 7. The van der Waals surface area contributed by atoms with Crippen LogP contribution >= 0.6 is 23.1 Å². The number of ether oxygens (including phenoxy) is 1. The van der Waals surface area contributed by atoms with Gasteiger partial charge in [-0.1, -0.05) is 30.8 Å². The van der Waals surface area contributed by atoms with Crippen LogP contribution in [-0.2, 0) is 11.3 Å². The summed E-state index contributed by atoms with van der Waals surface area (Å²) in [7, 11) is 0. The van der Waals surface area contributed by atoms with E-state index < -0.39 is 0 Å². The second kappa shape index (κ2) is 10.8. The molecule has 4 heterocycles. The number of thiophene rings is 1. The number of likely N-dealkylation sites (tertiary alicyclic amines) is 1. The summed E-state index contributed by atoms with van der Waals surface area (Å²) in [6.07, 6.45) is 5.96. The van der Waals surface area contributed by atoms with E-state index in [9.17, 15) is 9.59 Å². The Labute approximate surface area is 212 Å². The molecule has 3 aromatic heterocycles. The number of amides is 1. The van der Waals surface area contributed by atoms with E-state index in [1.807, 2.05) is 41.3 Å². The Bertz CT molecular complexity index is 1390. The fourth-order valence-corrected chi connectivity index (χ4v) is 6.17. The number of carbonyl (C=O) groups is 1. The molecule has 1 amide bonds. The third-order valence-corrected chi connectivity index (χ3v) is 8.14. The van der Waals surface area contributed by atoms with E-state index in [0.717, 1.165) is 53.9 Å². The average molecular weight is 509 g/mol. The number of rotatable bonds is 8. The van der Waals surface area contributed by atoms with E-state index >= 15 is 0 Å². The van der Waals surface area contributed by atoms with Crippen LogP contribution in [0.2, 0.25) is 0 Å². The normalized spacial score (nSPS) is 14.0. The Morgan fingerprint density at radius 3 is 2.71 bits per heavy atom. The maximum atomic E-state index is 13.7. The molecule has 7 nitrogen and oxygen atoms in total. The van der Waals surface area contributed by atoms with Crippen LogP contribution in [0.4, 0.5) is 0 Å². The van der Waals surface area contributed by atoms with E-state index in [0.29, 0.717) is 28.5 Å². The second-order valence-corrected chi connectivity index (χ2v) is 10.6. The summed E-state index contributed by atoms with van der Waals surface area (Å²) in [5.41, 5.74) is 1.54. The number of hydrogen-bond donors (Lipinski definition) is 0. The van der Waals surface area contributed by atoms with E-state index in [2.05, 4.69) is 11.9 Å². The number of aromatic nitrogens is 3. The quantitative estimate of drug-likeness (QED) is 0.248. The minimum Gasteiger partial charge on any atom is -0.494 e. The summed E-state index contributed by atoms with van der Waals surface area (Å²) in [6, 6.07) is 11.6. The molecule has 0 atom stereocenters. The van der Waals surface area contributed by atoms with Gasteiger partial charge in [0.2, 0.25) is 5.91 Å². The van der Waals surface area contributed by atoms with Crippen molar-refractivity contribution in [2.75, 3.05) is 25.4 Å². The van der Waals surface area contributed by atoms with Crippen molar-refractivity contribution < 1.29 is 9.53 Å². The molecule has 1 saturated heterocycles. The highest BCUT2D eigenvalue weighted by atomic mass is 32.2. The van der Waals surface area contributed by atoms with Gasteiger partial charge in [-0.25, -0.2) is 9.97 Å². The molecule has 4 aromatic rings. The van der Waals surface area contributed by atoms with Crippen LogP contribution in [0.1, 0.15) is 38.2 Å². The Balaban J connectivity index is 1.48. The van der Waals surface area contributed by atoms with Crippen LogP contribution < -0.4 is 10.3 Å². The molecule has 0 N–H and O–H groups in total. The molecule has 1 fully saturated rings. The van der Waals surface area contributed by atoms with Gasteiger partial charge in [-0.15, -0.1) is 11.3 Å². The van der Waals surface area contributed by atoms with Crippen molar-refractivity contribution in [1.82, 2.24) is 19.4 Å². The summed E-state index contributed by atoms with van der Waals surface area (Å²) < 4.78 is 7.97. The van der Waals surface area contributed by atoms with Crippen molar-refractivity contribution in [3.8, 4) is 5.75 Å². The van der Waals surface area contributed by atoms with Crippen LogP contribution in [0.15, 0.2) is 52.5 Å². The molecule has 0 unspecified atom stereocenters.